The third-order valence-corrected chi connectivity index (χ3v) is 8.34. The second kappa shape index (κ2) is 9.29. The highest BCUT2D eigenvalue weighted by Gasteiger charge is 2.31. The molecule has 0 bridgehead atoms. The van der Waals surface area contributed by atoms with E-state index in [1.54, 1.807) is 4.80 Å². The molecule has 0 saturated heterocycles. The van der Waals surface area contributed by atoms with Gasteiger partial charge >= 0.3 is 0 Å². The molecule has 0 saturated carbocycles. The second-order valence-electron chi connectivity index (χ2n) is 10.8. The maximum Gasteiger partial charge on any atom is 0.121 e. The maximum absolute atomic E-state index is 5.08. The van der Waals surface area contributed by atoms with Crippen molar-refractivity contribution < 1.29 is 0 Å². The molecule has 7 aromatic carbocycles. The van der Waals surface area contributed by atoms with Gasteiger partial charge in [-0.2, -0.15) is 0 Å². The molecule has 0 spiro atoms. The summed E-state index contributed by atoms with van der Waals surface area (Å²) in [5.74, 6) is 0. The molecule has 1 aromatic heterocycles. The van der Waals surface area contributed by atoms with Gasteiger partial charge in [-0.3, -0.25) is 0 Å². The van der Waals surface area contributed by atoms with Crippen molar-refractivity contribution >= 4 is 66.7 Å². The van der Waals surface area contributed by atoms with Crippen molar-refractivity contribution in [2.45, 2.75) is 0 Å². The van der Waals surface area contributed by atoms with Crippen LogP contribution in [0.5, 0.6) is 0 Å². The molecule has 5 heteroatoms. The van der Waals surface area contributed by atoms with Crippen LogP contribution >= 0.6 is 0 Å². The van der Waals surface area contributed by atoms with E-state index < -0.39 is 0 Å². The van der Waals surface area contributed by atoms with Gasteiger partial charge in [0.25, 0.3) is 0 Å². The molecule has 1 aliphatic heterocycles. The van der Waals surface area contributed by atoms with Gasteiger partial charge in [0.2, 0.25) is 0 Å². The van der Waals surface area contributed by atoms with E-state index in [0.29, 0.717) is 0 Å². The molecular formula is C38H25N5. The molecule has 0 unspecified atom stereocenters. The minimum atomic E-state index is 0.849. The van der Waals surface area contributed by atoms with Gasteiger partial charge in [0, 0.05) is 21.8 Å². The van der Waals surface area contributed by atoms with Crippen molar-refractivity contribution in [2.75, 3.05) is 9.80 Å². The Kier molecular flexibility index (Phi) is 5.13. The summed E-state index contributed by atoms with van der Waals surface area (Å²) in [6.07, 6.45) is 0. The minimum Gasteiger partial charge on any atom is -0.306 e. The minimum absolute atomic E-state index is 0.849. The molecule has 0 radical (unpaired) electrons. The van der Waals surface area contributed by atoms with Crippen molar-refractivity contribution in [1.29, 1.82) is 0 Å². The summed E-state index contributed by atoms with van der Waals surface area (Å²) >= 11 is 0. The third kappa shape index (κ3) is 3.58. The molecule has 0 N–H and O–H groups in total. The Morgan fingerprint density at radius 1 is 0.372 bits per heavy atom. The standard InChI is InChI=1S/C38H25N5/c1-2-15-27(16-3-1)41-33-20-8-10-22-35(33)42(36-23-11-9-21-34(36)41)37-25-31-38(30-19-7-6-18-29(30)37)40-43(39-31)32-24-12-14-26-13-4-5-17-28(26)32/h1-25H. The largest absolute Gasteiger partial charge is 0.306 e. The molecule has 8 aromatic rings. The van der Waals surface area contributed by atoms with E-state index in [-0.39, 0.29) is 0 Å². The van der Waals surface area contributed by atoms with E-state index in [4.69, 9.17) is 10.2 Å². The number of fused-ring (bicyclic) bond motifs is 6. The monoisotopic (exact) mass is 551 g/mol. The van der Waals surface area contributed by atoms with E-state index in [0.717, 1.165) is 72.4 Å². The number of anilines is 6. The third-order valence-electron chi connectivity index (χ3n) is 8.34. The average molecular weight is 552 g/mol. The first-order chi connectivity index (χ1) is 21.3. The smallest absolute Gasteiger partial charge is 0.121 e. The average Bonchev–Trinajstić information content (AvgIpc) is 3.51. The number of hydrogen-bond acceptors (Lipinski definition) is 4. The van der Waals surface area contributed by atoms with Crippen LogP contribution in [0.25, 0.3) is 38.3 Å². The molecule has 0 fully saturated rings. The van der Waals surface area contributed by atoms with Crippen LogP contribution < -0.4 is 9.80 Å². The molecule has 202 valence electrons. The lowest BCUT2D eigenvalue weighted by atomic mass is 10.0. The number of nitrogens with zero attached hydrogens (tertiary/aromatic N) is 5. The van der Waals surface area contributed by atoms with Gasteiger partial charge < -0.3 is 9.80 Å². The Morgan fingerprint density at radius 2 is 0.907 bits per heavy atom. The summed E-state index contributed by atoms with van der Waals surface area (Å²) < 4.78 is 0. The molecule has 0 atom stereocenters. The van der Waals surface area contributed by atoms with Gasteiger partial charge in [0.15, 0.2) is 0 Å². The van der Waals surface area contributed by atoms with E-state index in [1.807, 2.05) is 0 Å². The van der Waals surface area contributed by atoms with Gasteiger partial charge in [-0.05, 0) is 53.9 Å². The summed E-state index contributed by atoms with van der Waals surface area (Å²) in [4.78, 5) is 6.51. The van der Waals surface area contributed by atoms with Crippen molar-refractivity contribution in [3.05, 3.63) is 152 Å². The van der Waals surface area contributed by atoms with Crippen molar-refractivity contribution in [3.8, 4) is 5.69 Å². The van der Waals surface area contributed by atoms with Gasteiger partial charge in [0.1, 0.15) is 11.0 Å². The van der Waals surface area contributed by atoms with Crippen molar-refractivity contribution in [3.63, 3.8) is 0 Å². The first-order valence-electron chi connectivity index (χ1n) is 14.5. The zero-order chi connectivity index (χ0) is 28.3. The Hall–Kier alpha value is -5.94. The lowest BCUT2D eigenvalue weighted by molar-refractivity contribution is 0.772. The Bertz CT molecular complexity index is 2270. The Morgan fingerprint density at radius 3 is 1.63 bits per heavy atom. The van der Waals surface area contributed by atoms with Crippen LogP contribution in [-0.4, -0.2) is 15.0 Å². The fourth-order valence-electron chi connectivity index (χ4n) is 6.46. The molecule has 43 heavy (non-hydrogen) atoms. The molecule has 0 aliphatic carbocycles. The fraction of sp³-hybridized carbons (Fsp3) is 0. The molecule has 0 amide bonds. The van der Waals surface area contributed by atoms with E-state index >= 15 is 0 Å². The second-order valence-corrected chi connectivity index (χ2v) is 10.8. The first-order valence-corrected chi connectivity index (χ1v) is 14.5. The summed E-state index contributed by atoms with van der Waals surface area (Å²) in [6, 6.07) is 53.2. The number of benzene rings is 7. The van der Waals surface area contributed by atoms with Gasteiger partial charge in [-0.25, -0.2) is 0 Å². The van der Waals surface area contributed by atoms with E-state index in [1.165, 1.54) is 0 Å². The quantitative estimate of drug-likeness (QED) is 0.219. The van der Waals surface area contributed by atoms with Crippen LogP contribution in [0.3, 0.4) is 0 Å². The zero-order valence-corrected chi connectivity index (χ0v) is 23.2. The number of rotatable bonds is 3. The van der Waals surface area contributed by atoms with Gasteiger partial charge in [-0.15, -0.1) is 15.0 Å². The SMILES string of the molecule is c1ccc(N2c3ccccc3N(c3cc4nn(-c5cccc6ccccc56)nc4c4ccccc34)c3ccccc32)cc1. The highest BCUT2D eigenvalue weighted by molar-refractivity contribution is 6.14. The van der Waals surface area contributed by atoms with Crippen molar-refractivity contribution in [1.82, 2.24) is 15.0 Å². The van der Waals surface area contributed by atoms with Gasteiger partial charge in [0.05, 0.1) is 34.1 Å². The lowest BCUT2D eigenvalue weighted by Crippen LogP contribution is -2.24. The maximum atomic E-state index is 5.08. The molecule has 9 rings (SSSR count). The predicted octanol–water partition coefficient (Wildman–Crippen LogP) is 9.98. The summed E-state index contributed by atoms with van der Waals surface area (Å²) in [5.41, 5.74) is 9.35. The topological polar surface area (TPSA) is 37.2 Å². The summed E-state index contributed by atoms with van der Waals surface area (Å²) in [5, 5.41) is 14.6. The normalized spacial score (nSPS) is 12.6. The van der Waals surface area contributed by atoms with Crippen LogP contribution in [0, 0.1) is 0 Å². The molecule has 1 aliphatic rings. The predicted molar refractivity (Wildman–Crippen MR) is 177 cm³/mol. The lowest BCUT2D eigenvalue weighted by Gasteiger charge is -2.40. The number of hydrogen-bond donors (Lipinski definition) is 0. The highest BCUT2D eigenvalue weighted by Crippen LogP contribution is 2.55. The van der Waals surface area contributed by atoms with E-state index in [9.17, 15) is 0 Å². The molecule has 5 nitrogen and oxygen atoms in total. The summed E-state index contributed by atoms with van der Waals surface area (Å²) in [6.45, 7) is 0. The number of para-hydroxylation sites is 5. The van der Waals surface area contributed by atoms with Gasteiger partial charge in [-0.1, -0.05) is 103 Å². The first kappa shape index (κ1) is 23.7. The Labute approximate surface area is 248 Å². The van der Waals surface area contributed by atoms with Crippen LogP contribution in [0.4, 0.5) is 34.1 Å². The summed E-state index contributed by atoms with van der Waals surface area (Å²) in [7, 11) is 0. The highest BCUT2D eigenvalue weighted by atomic mass is 15.5. The zero-order valence-electron chi connectivity index (χ0n) is 23.2. The van der Waals surface area contributed by atoms with Crippen molar-refractivity contribution in [2.24, 2.45) is 0 Å². The van der Waals surface area contributed by atoms with E-state index in [2.05, 4.69) is 161 Å². The Balaban J connectivity index is 1.31. The molecule has 2 heterocycles. The number of aromatic nitrogens is 3. The van der Waals surface area contributed by atoms with Crippen LogP contribution in [0.2, 0.25) is 0 Å². The van der Waals surface area contributed by atoms with Crippen LogP contribution in [0.15, 0.2) is 152 Å². The molecular weight excluding hydrogens is 526 g/mol. The van der Waals surface area contributed by atoms with Crippen LogP contribution in [-0.2, 0) is 0 Å². The van der Waals surface area contributed by atoms with Crippen LogP contribution in [0.1, 0.15) is 0 Å². The fourth-order valence-corrected chi connectivity index (χ4v) is 6.46.